The number of allylic oxidation sites excluding steroid dienone is 9. The summed E-state index contributed by atoms with van der Waals surface area (Å²) in [5.41, 5.74) is 0. The molecule has 0 aliphatic heterocycles. The van der Waals surface area contributed by atoms with Gasteiger partial charge in [0.05, 0.1) is 18.8 Å². The molecule has 0 saturated heterocycles. The van der Waals surface area contributed by atoms with Gasteiger partial charge in [-0.25, -0.2) is 0 Å². The fourth-order valence-corrected chi connectivity index (χ4v) is 10.4. The largest absolute Gasteiger partial charge is 0.394 e. The minimum Gasteiger partial charge on any atom is -0.394 e. The van der Waals surface area contributed by atoms with Crippen LogP contribution in [0, 0.1) is 0 Å². The average molecular weight is 1030 g/mol. The van der Waals surface area contributed by atoms with Crippen molar-refractivity contribution in [3.05, 3.63) is 60.8 Å². The first kappa shape index (κ1) is 72.1. The first-order valence-corrected chi connectivity index (χ1v) is 33.5. The van der Waals surface area contributed by atoms with Crippen molar-refractivity contribution in [1.82, 2.24) is 5.32 Å². The monoisotopic (exact) mass is 1030 g/mol. The molecule has 2 atom stereocenters. The molecular formula is C70H131NO3. The van der Waals surface area contributed by atoms with Crippen LogP contribution < -0.4 is 5.32 Å². The molecule has 0 fully saturated rings. The average Bonchev–Trinajstić information content (AvgIpc) is 3.40. The highest BCUT2D eigenvalue weighted by Gasteiger charge is 2.18. The van der Waals surface area contributed by atoms with Crippen molar-refractivity contribution >= 4 is 5.91 Å². The lowest BCUT2D eigenvalue weighted by Crippen LogP contribution is -2.45. The normalized spacial score (nSPS) is 13.1. The molecule has 0 saturated carbocycles. The Kier molecular flexibility index (Phi) is 63.7. The van der Waals surface area contributed by atoms with Crippen LogP contribution in [0.1, 0.15) is 361 Å². The van der Waals surface area contributed by atoms with E-state index in [9.17, 15) is 15.0 Å². The summed E-state index contributed by atoms with van der Waals surface area (Å²) in [6, 6.07) is -0.647. The highest BCUT2D eigenvalue weighted by Crippen LogP contribution is 2.18. The maximum absolute atomic E-state index is 12.5. The number of aliphatic hydroxyl groups is 2. The summed E-state index contributed by atoms with van der Waals surface area (Å²) in [6.45, 7) is 4.32. The molecule has 0 bridgehead atoms. The van der Waals surface area contributed by atoms with E-state index < -0.39 is 12.1 Å². The van der Waals surface area contributed by atoms with Gasteiger partial charge in [0.1, 0.15) is 0 Å². The maximum Gasteiger partial charge on any atom is 0.220 e. The van der Waals surface area contributed by atoms with Crippen molar-refractivity contribution in [2.24, 2.45) is 0 Å². The minimum atomic E-state index is -0.872. The van der Waals surface area contributed by atoms with E-state index in [1.165, 1.54) is 295 Å². The Balaban J connectivity index is 3.48. The van der Waals surface area contributed by atoms with Gasteiger partial charge in [0.15, 0.2) is 0 Å². The summed E-state index contributed by atoms with van der Waals surface area (Å²) in [7, 11) is 0. The summed E-state index contributed by atoms with van der Waals surface area (Å²) < 4.78 is 0. The Morgan fingerprint density at radius 2 is 0.568 bits per heavy atom. The predicted molar refractivity (Wildman–Crippen MR) is 331 cm³/mol. The first-order valence-electron chi connectivity index (χ1n) is 33.5. The van der Waals surface area contributed by atoms with E-state index in [2.05, 4.69) is 67.8 Å². The second-order valence-corrected chi connectivity index (χ2v) is 22.9. The Hall–Kier alpha value is -1.91. The van der Waals surface area contributed by atoms with Gasteiger partial charge in [-0.1, -0.05) is 338 Å². The molecule has 0 heterocycles. The summed E-state index contributed by atoms with van der Waals surface area (Å²) in [4.78, 5) is 12.5. The predicted octanol–water partition coefficient (Wildman–Crippen LogP) is 22.7. The zero-order valence-corrected chi connectivity index (χ0v) is 50.1. The Labute approximate surface area is 464 Å². The quantitative estimate of drug-likeness (QED) is 0.0420. The number of aliphatic hydroxyl groups excluding tert-OH is 2. The number of hydrogen-bond acceptors (Lipinski definition) is 3. The number of carbonyl (C=O) groups excluding carboxylic acids is 1. The van der Waals surface area contributed by atoms with Crippen molar-refractivity contribution in [2.75, 3.05) is 6.61 Å². The molecule has 434 valence electrons. The van der Waals surface area contributed by atoms with E-state index in [1.54, 1.807) is 6.08 Å². The molecule has 0 spiro atoms. The van der Waals surface area contributed by atoms with Crippen LogP contribution in [0.2, 0.25) is 0 Å². The van der Waals surface area contributed by atoms with E-state index in [0.717, 1.165) is 44.9 Å². The van der Waals surface area contributed by atoms with E-state index >= 15 is 0 Å². The van der Waals surface area contributed by atoms with Crippen molar-refractivity contribution in [3.63, 3.8) is 0 Å². The van der Waals surface area contributed by atoms with Crippen LogP contribution in [0.5, 0.6) is 0 Å². The van der Waals surface area contributed by atoms with Gasteiger partial charge in [-0.3, -0.25) is 4.79 Å². The van der Waals surface area contributed by atoms with Gasteiger partial charge >= 0.3 is 0 Å². The van der Waals surface area contributed by atoms with Crippen LogP contribution in [0.25, 0.3) is 0 Å². The van der Waals surface area contributed by atoms with E-state index in [-0.39, 0.29) is 12.5 Å². The first-order chi connectivity index (χ1) is 36.7. The van der Waals surface area contributed by atoms with Gasteiger partial charge in [-0.2, -0.15) is 0 Å². The number of nitrogens with one attached hydrogen (secondary N) is 1. The molecule has 0 aliphatic carbocycles. The molecule has 3 N–H and O–H groups in total. The molecule has 74 heavy (non-hydrogen) atoms. The molecule has 2 unspecified atom stereocenters. The van der Waals surface area contributed by atoms with Crippen LogP contribution in [0.15, 0.2) is 60.8 Å². The lowest BCUT2D eigenvalue weighted by atomic mass is 10.0. The van der Waals surface area contributed by atoms with Gasteiger partial charge in [0.25, 0.3) is 0 Å². The fraction of sp³-hybridized carbons (Fsp3) is 0.843. The third-order valence-corrected chi connectivity index (χ3v) is 15.5. The summed E-state index contributed by atoms with van der Waals surface area (Å²) in [5.74, 6) is -0.0721. The molecular weight excluding hydrogens is 903 g/mol. The zero-order chi connectivity index (χ0) is 53.4. The second-order valence-electron chi connectivity index (χ2n) is 22.9. The van der Waals surface area contributed by atoms with Crippen LogP contribution in [-0.2, 0) is 4.79 Å². The molecule has 0 rings (SSSR count). The van der Waals surface area contributed by atoms with Gasteiger partial charge in [-0.05, 0) is 77.0 Å². The third-order valence-electron chi connectivity index (χ3n) is 15.5. The van der Waals surface area contributed by atoms with Crippen LogP contribution in [0.3, 0.4) is 0 Å². The second kappa shape index (κ2) is 65.4. The molecule has 1 amide bonds. The third kappa shape index (κ3) is 60.9. The Bertz CT molecular complexity index is 1220. The number of hydrogen-bond donors (Lipinski definition) is 3. The lowest BCUT2D eigenvalue weighted by molar-refractivity contribution is -0.123. The van der Waals surface area contributed by atoms with Crippen molar-refractivity contribution < 1.29 is 15.0 Å². The summed E-state index contributed by atoms with van der Waals surface area (Å²) >= 11 is 0. The van der Waals surface area contributed by atoms with Gasteiger partial charge < -0.3 is 15.5 Å². The number of carbonyl (C=O) groups is 1. The highest BCUT2D eigenvalue weighted by molar-refractivity contribution is 5.76. The van der Waals surface area contributed by atoms with E-state index in [4.69, 9.17) is 0 Å². The Morgan fingerprint density at radius 3 is 0.865 bits per heavy atom. The summed E-state index contributed by atoms with van der Waals surface area (Å²) in [6.07, 6.45) is 93.0. The number of amides is 1. The molecule has 4 heteroatoms. The molecule has 0 aromatic carbocycles. The minimum absolute atomic E-state index is 0.0721. The van der Waals surface area contributed by atoms with Crippen LogP contribution in [0.4, 0.5) is 0 Å². The highest BCUT2D eigenvalue weighted by atomic mass is 16.3. The molecule has 0 aromatic rings. The summed E-state index contributed by atoms with van der Waals surface area (Å²) in [5, 5.41) is 23.2. The molecule has 0 aromatic heterocycles. The van der Waals surface area contributed by atoms with Crippen molar-refractivity contribution in [1.29, 1.82) is 0 Å². The van der Waals surface area contributed by atoms with Crippen molar-refractivity contribution in [2.45, 2.75) is 373 Å². The zero-order valence-electron chi connectivity index (χ0n) is 50.1. The van der Waals surface area contributed by atoms with Gasteiger partial charge in [0, 0.05) is 6.42 Å². The Morgan fingerprint density at radius 1 is 0.324 bits per heavy atom. The lowest BCUT2D eigenvalue weighted by Gasteiger charge is -2.19. The SMILES string of the molecule is CCCCCCC/C=C\C/C=C\CCCCCCCCCCCCCCCCCCCCCCCCCC(=O)NC(CO)C(O)/C=C/CC/C=C/CC/C=C/CCCCCCCCCCCCCCCCCCC. The smallest absolute Gasteiger partial charge is 0.220 e. The van der Waals surface area contributed by atoms with E-state index in [0.29, 0.717) is 6.42 Å². The molecule has 4 nitrogen and oxygen atoms in total. The fourth-order valence-electron chi connectivity index (χ4n) is 10.4. The molecule has 0 radical (unpaired) electrons. The molecule has 0 aliphatic rings. The van der Waals surface area contributed by atoms with Gasteiger partial charge in [0.2, 0.25) is 5.91 Å². The van der Waals surface area contributed by atoms with Crippen LogP contribution in [-0.4, -0.2) is 34.9 Å². The van der Waals surface area contributed by atoms with Crippen LogP contribution >= 0.6 is 0 Å². The van der Waals surface area contributed by atoms with Gasteiger partial charge in [-0.15, -0.1) is 0 Å². The van der Waals surface area contributed by atoms with Crippen molar-refractivity contribution in [3.8, 4) is 0 Å². The maximum atomic E-state index is 12.5. The van der Waals surface area contributed by atoms with E-state index in [1.807, 2.05) is 6.08 Å². The standard InChI is InChI=1S/C70H131NO3/c1-3-5-7-9-11-13-15-17-19-21-23-25-27-29-31-32-33-34-35-36-37-38-40-42-44-46-48-50-52-54-56-58-60-62-64-66-70(74)71-68(67-72)69(73)65-63-61-59-57-55-53-51-49-47-45-43-41-39-30-28-26-24-22-20-18-16-14-12-10-8-6-4-2/h15,17,21,23,47,49,55,57,63,65,68-69,72-73H,3-14,16,18-20,22,24-46,48,50-54,56,58-62,64,66-67H2,1-2H3,(H,71,74)/b17-15-,23-21-,49-47+,57-55+,65-63+. The number of rotatable bonds is 62. The number of unbranched alkanes of at least 4 members (excludes halogenated alkanes) is 47. The topological polar surface area (TPSA) is 69.6 Å².